The van der Waals surface area contributed by atoms with Crippen LogP contribution in [0.4, 0.5) is 11.5 Å². The number of aromatic nitrogens is 2. The number of allylic oxidation sites excluding steroid dienone is 1. The van der Waals surface area contributed by atoms with E-state index in [0.29, 0.717) is 43.1 Å². The molecular formula is C18H24N6O3S. The van der Waals surface area contributed by atoms with E-state index >= 15 is 0 Å². The molecule has 1 aliphatic rings. The third-order valence-electron chi connectivity index (χ3n) is 4.42. The number of nitrogens with zero attached hydrogens (tertiary/aromatic N) is 3. The summed E-state index contributed by atoms with van der Waals surface area (Å²) in [5.74, 6) is 0.925. The maximum Gasteiger partial charge on any atom is 0.140 e. The van der Waals surface area contributed by atoms with Crippen LogP contribution < -0.4 is 16.0 Å². The second-order valence-corrected chi connectivity index (χ2v) is 7.42. The van der Waals surface area contributed by atoms with Crippen LogP contribution in [0.2, 0.25) is 0 Å². The third-order valence-corrected chi connectivity index (χ3v) is 5.10. The number of ether oxygens (including phenoxy) is 1. The Bertz CT molecular complexity index is 946. The van der Waals surface area contributed by atoms with Crippen molar-refractivity contribution in [1.29, 1.82) is 5.41 Å². The average molecular weight is 404 g/mol. The monoisotopic (exact) mass is 404 g/mol. The molecule has 1 saturated heterocycles. The van der Waals surface area contributed by atoms with Gasteiger partial charge >= 0.3 is 0 Å². The molecule has 0 bridgehead atoms. The molecule has 4 N–H and O–H groups in total. The van der Waals surface area contributed by atoms with E-state index in [4.69, 9.17) is 20.9 Å². The first kappa shape index (κ1) is 20.0. The average Bonchev–Trinajstić information content (AvgIpc) is 2.71. The minimum atomic E-state index is -2.38. The largest absolute Gasteiger partial charge is 0.397 e. The Morgan fingerprint density at radius 2 is 2.18 bits per heavy atom. The van der Waals surface area contributed by atoms with Gasteiger partial charge in [-0.2, -0.15) is 0 Å². The first-order valence-corrected chi connectivity index (χ1v) is 10.4. The standard InChI is InChI=1S/C18H24N6O3S/c19-4-2-14(20)18-17-13(3-6-22-18)15(21-5-1-11-28(25)26)12-16(23-17)24-7-9-27-10-8-24/h2-4,6,12,19,28H,1,5,7-11,20H2,(H,21,23)/b14-2-,19-4?. The van der Waals surface area contributed by atoms with Crippen molar-refractivity contribution < 1.29 is 13.2 Å². The molecule has 1 fully saturated rings. The van der Waals surface area contributed by atoms with Gasteiger partial charge in [0.05, 0.1) is 18.9 Å². The van der Waals surface area contributed by atoms with Gasteiger partial charge in [-0.3, -0.25) is 4.98 Å². The molecule has 0 saturated carbocycles. The van der Waals surface area contributed by atoms with E-state index in [1.54, 1.807) is 6.20 Å². The lowest BCUT2D eigenvalue weighted by Gasteiger charge is -2.28. The summed E-state index contributed by atoms with van der Waals surface area (Å²) >= 11 is 0. The predicted molar refractivity (Wildman–Crippen MR) is 112 cm³/mol. The number of nitrogens with two attached hydrogens (primary N) is 1. The Balaban J connectivity index is 2.03. The third kappa shape index (κ3) is 4.76. The van der Waals surface area contributed by atoms with Crippen LogP contribution in [0.15, 0.2) is 24.4 Å². The van der Waals surface area contributed by atoms with Crippen molar-refractivity contribution in [2.24, 2.45) is 5.73 Å². The normalized spacial score (nSPS) is 15.2. The van der Waals surface area contributed by atoms with Gasteiger partial charge in [0.15, 0.2) is 0 Å². The molecule has 0 unspecified atom stereocenters. The van der Waals surface area contributed by atoms with Crippen LogP contribution in [0.3, 0.4) is 0 Å². The van der Waals surface area contributed by atoms with Gasteiger partial charge in [-0.25, -0.2) is 13.4 Å². The highest BCUT2D eigenvalue weighted by Crippen LogP contribution is 2.30. The van der Waals surface area contributed by atoms with Crippen LogP contribution in [0.5, 0.6) is 0 Å². The van der Waals surface area contributed by atoms with E-state index in [1.165, 1.54) is 6.08 Å². The van der Waals surface area contributed by atoms with Gasteiger partial charge in [-0.15, -0.1) is 0 Å². The van der Waals surface area contributed by atoms with Crippen molar-refractivity contribution in [3.63, 3.8) is 0 Å². The van der Waals surface area contributed by atoms with Gasteiger partial charge in [-0.05, 0) is 18.6 Å². The SMILES string of the molecule is N=C/C=C(\N)c1nccc2c(NCCC[SH](=O)=O)cc(N3CCOCC3)nc12. The van der Waals surface area contributed by atoms with Gasteiger partial charge < -0.3 is 26.1 Å². The molecule has 0 atom stereocenters. The number of pyridine rings is 2. The van der Waals surface area contributed by atoms with Crippen LogP contribution in [0.1, 0.15) is 12.1 Å². The number of fused-ring (bicyclic) bond motifs is 1. The second-order valence-electron chi connectivity index (χ2n) is 6.31. The van der Waals surface area contributed by atoms with Crippen LogP contribution in [0, 0.1) is 5.41 Å². The first-order chi connectivity index (χ1) is 13.6. The van der Waals surface area contributed by atoms with Crippen molar-refractivity contribution in [2.45, 2.75) is 6.42 Å². The zero-order valence-corrected chi connectivity index (χ0v) is 16.3. The smallest absolute Gasteiger partial charge is 0.140 e. The summed E-state index contributed by atoms with van der Waals surface area (Å²) in [4.78, 5) is 11.3. The molecule has 150 valence electrons. The number of hydrogen-bond acceptors (Lipinski definition) is 9. The minimum Gasteiger partial charge on any atom is -0.397 e. The zero-order valence-electron chi connectivity index (χ0n) is 15.4. The lowest BCUT2D eigenvalue weighted by atomic mass is 10.1. The van der Waals surface area contributed by atoms with Gasteiger partial charge in [0.2, 0.25) is 0 Å². The number of rotatable bonds is 8. The molecule has 0 radical (unpaired) electrons. The molecule has 28 heavy (non-hydrogen) atoms. The van der Waals surface area contributed by atoms with Crippen LogP contribution in [0.25, 0.3) is 16.6 Å². The van der Waals surface area contributed by atoms with E-state index in [0.717, 1.165) is 36.2 Å². The summed E-state index contributed by atoms with van der Waals surface area (Å²) in [7, 11) is -2.38. The summed E-state index contributed by atoms with van der Waals surface area (Å²) < 4.78 is 27.0. The molecule has 0 amide bonds. The molecule has 3 heterocycles. The number of hydrogen-bond donors (Lipinski definition) is 4. The molecule has 2 aromatic rings. The van der Waals surface area contributed by atoms with E-state index in [9.17, 15) is 8.42 Å². The highest BCUT2D eigenvalue weighted by atomic mass is 32.2. The maximum atomic E-state index is 10.8. The van der Waals surface area contributed by atoms with E-state index < -0.39 is 10.7 Å². The van der Waals surface area contributed by atoms with Crippen LogP contribution in [-0.2, 0) is 15.4 Å². The fourth-order valence-electron chi connectivity index (χ4n) is 3.05. The molecule has 0 spiro atoms. The Labute approximate surface area is 165 Å². The fraction of sp³-hybridized carbons (Fsp3) is 0.389. The highest BCUT2D eigenvalue weighted by Gasteiger charge is 2.17. The number of nitrogens with one attached hydrogen (secondary N) is 2. The lowest BCUT2D eigenvalue weighted by Crippen LogP contribution is -2.36. The van der Waals surface area contributed by atoms with E-state index in [2.05, 4.69) is 15.2 Å². The van der Waals surface area contributed by atoms with Crippen molar-refractivity contribution in [2.75, 3.05) is 48.8 Å². The summed E-state index contributed by atoms with van der Waals surface area (Å²) in [6, 6.07) is 3.81. The van der Waals surface area contributed by atoms with Crippen LogP contribution in [-0.4, -0.2) is 63.2 Å². The molecule has 2 aromatic heterocycles. The maximum absolute atomic E-state index is 10.8. The number of thiol groups is 1. The number of morpholine rings is 1. The molecule has 10 heteroatoms. The van der Waals surface area contributed by atoms with Crippen molar-refractivity contribution in [3.8, 4) is 0 Å². The summed E-state index contributed by atoms with van der Waals surface area (Å²) in [6.45, 7) is 3.25. The van der Waals surface area contributed by atoms with E-state index in [-0.39, 0.29) is 5.75 Å². The van der Waals surface area contributed by atoms with Crippen molar-refractivity contribution >= 4 is 45.0 Å². The van der Waals surface area contributed by atoms with Crippen molar-refractivity contribution in [3.05, 3.63) is 30.1 Å². The first-order valence-electron chi connectivity index (χ1n) is 9.05. The minimum absolute atomic E-state index is 0.142. The van der Waals surface area contributed by atoms with Gasteiger partial charge in [0.25, 0.3) is 0 Å². The fourth-order valence-corrected chi connectivity index (χ4v) is 3.47. The molecule has 1 aliphatic heterocycles. The molecule has 0 aliphatic carbocycles. The van der Waals surface area contributed by atoms with Crippen LogP contribution >= 0.6 is 0 Å². The predicted octanol–water partition coefficient (Wildman–Crippen LogP) is 0.829. The number of anilines is 2. The second kappa shape index (κ2) is 9.47. The van der Waals surface area contributed by atoms with Gasteiger partial charge in [-0.1, -0.05) is 0 Å². The van der Waals surface area contributed by atoms with Gasteiger partial charge in [0, 0.05) is 54.9 Å². The van der Waals surface area contributed by atoms with E-state index in [1.807, 2.05) is 12.1 Å². The molecule has 3 rings (SSSR count). The Kier molecular flexibility index (Phi) is 6.77. The Morgan fingerprint density at radius 1 is 1.39 bits per heavy atom. The Hall–Kier alpha value is -2.72. The molecule has 0 aromatic carbocycles. The Morgan fingerprint density at radius 3 is 2.89 bits per heavy atom. The molecular weight excluding hydrogens is 380 g/mol. The quantitative estimate of drug-likeness (QED) is 0.289. The summed E-state index contributed by atoms with van der Waals surface area (Å²) in [6.07, 6.45) is 4.76. The summed E-state index contributed by atoms with van der Waals surface area (Å²) in [5.41, 5.74) is 8.45. The molecule has 9 nitrogen and oxygen atoms in total. The van der Waals surface area contributed by atoms with Crippen molar-refractivity contribution in [1.82, 2.24) is 9.97 Å². The topological polar surface area (TPSA) is 134 Å². The lowest BCUT2D eigenvalue weighted by molar-refractivity contribution is 0.122. The van der Waals surface area contributed by atoms with Gasteiger partial charge in [0.1, 0.15) is 27.7 Å². The zero-order chi connectivity index (χ0) is 19.9. The highest BCUT2D eigenvalue weighted by molar-refractivity contribution is 7.72. The summed E-state index contributed by atoms with van der Waals surface area (Å²) in [5, 5.41) is 11.4.